The molecule has 1 rings (SSSR count). The zero-order chi connectivity index (χ0) is 15.0. The third-order valence-corrected chi connectivity index (χ3v) is 4.58. The van der Waals surface area contributed by atoms with Crippen molar-refractivity contribution in [2.75, 3.05) is 25.4 Å². The van der Waals surface area contributed by atoms with Gasteiger partial charge in [-0.25, -0.2) is 13.6 Å². The Bertz CT molecular complexity index is 398. The number of likely N-dealkylation sites (tertiary alicyclic amines) is 1. The number of nitrogens with two attached hydrogens (primary N) is 2. The molecular formula is C13H27N3O3S. The Hall–Kier alpha value is -0.660. The molecule has 1 amide bonds. The van der Waals surface area contributed by atoms with Crippen molar-refractivity contribution >= 4 is 15.9 Å². The zero-order valence-electron chi connectivity index (χ0n) is 12.1. The number of nitrogens with zero attached hydrogens (tertiary/aromatic N) is 1. The lowest BCUT2D eigenvalue weighted by Gasteiger charge is -2.16. The standard InChI is InChI=1S/C13H27N3O3S/c14-7-5-3-1-2-4-6-8-16-10-12(9-13(16)17)11-20(15,18)19/h12H,1-11,14H2,(H2,15,18,19). The van der Waals surface area contributed by atoms with Gasteiger partial charge < -0.3 is 10.6 Å². The minimum Gasteiger partial charge on any atom is -0.342 e. The summed E-state index contributed by atoms with van der Waals surface area (Å²) in [6.45, 7) is 2.02. The van der Waals surface area contributed by atoms with Crippen molar-refractivity contribution in [1.29, 1.82) is 0 Å². The Morgan fingerprint density at radius 1 is 1.10 bits per heavy atom. The van der Waals surface area contributed by atoms with Gasteiger partial charge in [0.1, 0.15) is 0 Å². The summed E-state index contributed by atoms with van der Waals surface area (Å²) in [6.07, 6.45) is 7.02. The van der Waals surface area contributed by atoms with Gasteiger partial charge in [-0.15, -0.1) is 0 Å². The largest absolute Gasteiger partial charge is 0.342 e. The fourth-order valence-corrected chi connectivity index (χ4v) is 3.54. The van der Waals surface area contributed by atoms with E-state index < -0.39 is 10.0 Å². The molecule has 1 saturated heterocycles. The Kier molecular flexibility index (Phi) is 7.47. The summed E-state index contributed by atoms with van der Waals surface area (Å²) in [7, 11) is -3.48. The minimum atomic E-state index is -3.48. The number of unbranched alkanes of at least 4 members (excludes halogenated alkanes) is 5. The van der Waals surface area contributed by atoms with Gasteiger partial charge in [-0.2, -0.15) is 0 Å². The first-order chi connectivity index (χ1) is 9.42. The molecule has 1 fully saturated rings. The topological polar surface area (TPSA) is 106 Å². The van der Waals surface area contributed by atoms with Crippen LogP contribution in [-0.2, 0) is 14.8 Å². The molecule has 7 heteroatoms. The van der Waals surface area contributed by atoms with E-state index in [1.165, 1.54) is 19.3 Å². The van der Waals surface area contributed by atoms with Crippen LogP contribution in [0.2, 0.25) is 0 Å². The van der Waals surface area contributed by atoms with Crippen molar-refractivity contribution in [2.45, 2.75) is 44.9 Å². The highest BCUT2D eigenvalue weighted by Crippen LogP contribution is 2.19. The van der Waals surface area contributed by atoms with E-state index in [0.717, 1.165) is 32.4 Å². The molecule has 4 N–H and O–H groups in total. The molecule has 0 aromatic rings. The van der Waals surface area contributed by atoms with Crippen molar-refractivity contribution in [3.05, 3.63) is 0 Å². The number of sulfonamides is 1. The average Bonchev–Trinajstić information content (AvgIpc) is 2.66. The fraction of sp³-hybridized carbons (Fsp3) is 0.923. The summed E-state index contributed by atoms with van der Waals surface area (Å²) in [6, 6.07) is 0. The number of rotatable bonds is 10. The molecule has 0 bridgehead atoms. The summed E-state index contributed by atoms with van der Waals surface area (Å²) in [5.41, 5.74) is 5.43. The smallest absolute Gasteiger partial charge is 0.222 e. The first-order valence-corrected chi connectivity index (χ1v) is 9.12. The van der Waals surface area contributed by atoms with Crippen LogP contribution in [0.25, 0.3) is 0 Å². The molecule has 1 heterocycles. The predicted octanol–water partition coefficient (Wildman–Crippen LogP) is 0.423. The molecule has 1 aliphatic rings. The van der Waals surface area contributed by atoms with E-state index in [4.69, 9.17) is 10.9 Å². The monoisotopic (exact) mass is 305 g/mol. The van der Waals surface area contributed by atoms with Crippen LogP contribution in [0.3, 0.4) is 0 Å². The third kappa shape index (κ3) is 7.21. The summed E-state index contributed by atoms with van der Waals surface area (Å²) < 4.78 is 22.1. The lowest BCUT2D eigenvalue weighted by atomic mass is 10.1. The maximum absolute atomic E-state index is 11.8. The van der Waals surface area contributed by atoms with E-state index >= 15 is 0 Å². The van der Waals surface area contributed by atoms with Gasteiger partial charge in [0.25, 0.3) is 0 Å². The molecule has 1 unspecified atom stereocenters. The minimum absolute atomic E-state index is 0.0572. The summed E-state index contributed by atoms with van der Waals surface area (Å²) in [5.74, 6) is -0.169. The van der Waals surface area contributed by atoms with E-state index in [9.17, 15) is 13.2 Å². The van der Waals surface area contributed by atoms with Gasteiger partial charge in [0, 0.05) is 25.4 Å². The first-order valence-electron chi connectivity index (χ1n) is 7.40. The second-order valence-electron chi connectivity index (χ2n) is 5.65. The highest BCUT2D eigenvalue weighted by atomic mass is 32.2. The normalized spacial score (nSPS) is 19.8. The van der Waals surface area contributed by atoms with Crippen molar-refractivity contribution in [1.82, 2.24) is 4.90 Å². The number of hydrogen-bond acceptors (Lipinski definition) is 4. The second-order valence-corrected chi connectivity index (χ2v) is 7.31. The number of amides is 1. The van der Waals surface area contributed by atoms with Gasteiger partial charge in [-0.3, -0.25) is 4.79 Å². The molecule has 118 valence electrons. The zero-order valence-corrected chi connectivity index (χ0v) is 12.9. The van der Waals surface area contributed by atoms with Gasteiger partial charge in [0.05, 0.1) is 5.75 Å². The highest BCUT2D eigenvalue weighted by Gasteiger charge is 2.31. The summed E-state index contributed by atoms with van der Waals surface area (Å²) >= 11 is 0. The average molecular weight is 305 g/mol. The van der Waals surface area contributed by atoms with Gasteiger partial charge in [-0.1, -0.05) is 25.7 Å². The van der Waals surface area contributed by atoms with E-state index in [1.54, 1.807) is 4.90 Å². The van der Waals surface area contributed by atoms with Crippen LogP contribution < -0.4 is 10.9 Å². The van der Waals surface area contributed by atoms with Crippen molar-refractivity contribution in [2.24, 2.45) is 16.8 Å². The summed E-state index contributed by atoms with van der Waals surface area (Å²) in [5, 5.41) is 5.02. The highest BCUT2D eigenvalue weighted by molar-refractivity contribution is 7.89. The SMILES string of the molecule is NCCCCCCCCN1CC(CS(N)(=O)=O)CC1=O. The van der Waals surface area contributed by atoms with E-state index in [-0.39, 0.29) is 17.6 Å². The molecule has 0 aromatic heterocycles. The van der Waals surface area contributed by atoms with Crippen LogP contribution in [0.4, 0.5) is 0 Å². The van der Waals surface area contributed by atoms with Crippen LogP contribution in [0.15, 0.2) is 0 Å². The van der Waals surface area contributed by atoms with Crippen molar-refractivity contribution < 1.29 is 13.2 Å². The fourth-order valence-electron chi connectivity index (χ4n) is 2.66. The van der Waals surface area contributed by atoms with E-state index in [2.05, 4.69) is 0 Å². The number of hydrogen-bond donors (Lipinski definition) is 2. The first kappa shape index (κ1) is 17.4. The molecule has 0 aliphatic carbocycles. The van der Waals surface area contributed by atoms with Crippen LogP contribution in [0.1, 0.15) is 44.9 Å². The Balaban J connectivity index is 2.14. The number of carbonyl (C=O) groups is 1. The third-order valence-electron chi connectivity index (χ3n) is 3.64. The van der Waals surface area contributed by atoms with E-state index in [1.807, 2.05) is 0 Å². The molecule has 0 saturated carbocycles. The lowest BCUT2D eigenvalue weighted by molar-refractivity contribution is -0.127. The summed E-state index contributed by atoms with van der Waals surface area (Å²) in [4.78, 5) is 13.5. The molecule has 0 aromatic carbocycles. The quantitative estimate of drug-likeness (QED) is 0.570. The molecule has 6 nitrogen and oxygen atoms in total. The van der Waals surface area contributed by atoms with Crippen LogP contribution in [0, 0.1) is 5.92 Å². The molecule has 1 aliphatic heterocycles. The number of primary sulfonamides is 1. The van der Waals surface area contributed by atoms with Gasteiger partial charge in [0.15, 0.2) is 0 Å². The Morgan fingerprint density at radius 3 is 2.30 bits per heavy atom. The van der Waals surface area contributed by atoms with Crippen LogP contribution >= 0.6 is 0 Å². The lowest BCUT2D eigenvalue weighted by Crippen LogP contribution is -2.28. The van der Waals surface area contributed by atoms with Crippen LogP contribution in [-0.4, -0.2) is 44.6 Å². The van der Waals surface area contributed by atoms with Crippen LogP contribution in [0.5, 0.6) is 0 Å². The van der Waals surface area contributed by atoms with Gasteiger partial charge in [0.2, 0.25) is 15.9 Å². The van der Waals surface area contributed by atoms with Crippen molar-refractivity contribution in [3.8, 4) is 0 Å². The Labute approximate surface area is 121 Å². The molecule has 20 heavy (non-hydrogen) atoms. The number of carbonyl (C=O) groups excluding carboxylic acids is 1. The molecule has 0 spiro atoms. The maximum Gasteiger partial charge on any atom is 0.222 e. The Morgan fingerprint density at radius 2 is 1.70 bits per heavy atom. The van der Waals surface area contributed by atoms with E-state index in [0.29, 0.717) is 13.0 Å². The van der Waals surface area contributed by atoms with Gasteiger partial charge >= 0.3 is 0 Å². The van der Waals surface area contributed by atoms with Crippen molar-refractivity contribution in [3.63, 3.8) is 0 Å². The maximum atomic E-state index is 11.8. The van der Waals surface area contributed by atoms with Gasteiger partial charge in [-0.05, 0) is 19.4 Å². The second kappa shape index (κ2) is 8.59. The molecule has 0 radical (unpaired) electrons. The molecular weight excluding hydrogens is 278 g/mol. The molecule has 1 atom stereocenters. The predicted molar refractivity (Wildman–Crippen MR) is 79.4 cm³/mol.